The van der Waals surface area contributed by atoms with Crippen LogP contribution in [0.15, 0.2) is 36.7 Å². The number of halogens is 2. The molecule has 0 bridgehead atoms. The molecule has 3 rings (SSSR count). The largest absolute Gasteiger partial charge is 0.369 e. The second-order valence-electron chi connectivity index (χ2n) is 4.20. The smallest absolute Gasteiger partial charge is 0.255 e. The normalized spacial score (nSPS) is 10.9. The number of aromatic nitrogens is 4. The number of nitrogens with zero attached hydrogens (tertiary/aromatic N) is 4. The fourth-order valence-corrected chi connectivity index (χ4v) is 2.11. The molecule has 2 aromatic heterocycles. The van der Waals surface area contributed by atoms with Gasteiger partial charge in [0, 0.05) is 12.6 Å². The lowest BCUT2D eigenvalue weighted by molar-refractivity contribution is 0.610. The van der Waals surface area contributed by atoms with Gasteiger partial charge >= 0.3 is 0 Å². The van der Waals surface area contributed by atoms with E-state index < -0.39 is 0 Å². The maximum Gasteiger partial charge on any atom is 0.255 e. The third kappa shape index (κ3) is 2.55. The summed E-state index contributed by atoms with van der Waals surface area (Å²) in [5.41, 5.74) is 0.662. The van der Waals surface area contributed by atoms with Crippen LogP contribution in [0.2, 0.25) is 5.15 Å². The highest BCUT2D eigenvalue weighted by atomic mass is 35.5. The summed E-state index contributed by atoms with van der Waals surface area (Å²) >= 11 is 5.91. The first-order chi connectivity index (χ1) is 9.74. The molecule has 5 nitrogen and oxygen atoms in total. The minimum Gasteiger partial charge on any atom is -0.369 e. The van der Waals surface area contributed by atoms with Gasteiger partial charge in [0.15, 0.2) is 0 Å². The summed E-state index contributed by atoms with van der Waals surface area (Å²) in [6, 6.07) is 8.37. The molecule has 0 saturated carbocycles. The third-order valence-corrected chi connectivity index (χ3v) is 3.07. The van der Waals surface area contributed by atoms with Crippen LogP contribution >= 0.6 is 11.6 Å². The summed E-state index contributed by atoms with van der Waals surface area (Å²) in [5, 5.41) is 7.54. The molecule has 2 heterocycles. The van der Waals surface area contributed by atoms with Crippen molar-refractivity contribution < 1.29 is 4.39 Å². The number of rotatable bonds is 4. The zero-order valence-corrected chi connectivity index (χ0v) is 11.2. The van der Waals surface area contributed by atoms with Crippen molar-refractivity contribution in [2.24, 2.45) is 0 Å². The van der Waals surface area contributed by atoms with Crippen molar-refractivity contribution in [3.05, 3.63) is 53.2 Å². The molecular formula is C13H11ClFN5. The molecule has 20 heavy (non-hydrogen) atoms. The summed E-state index contributed by atoms with van der Waals surface area (Å²) in [6.07, 6.45) is 1.96. The molecule has 0 amide bonds. The van der Waals surface area contributed by atoms with E-state index in [1.807, 2.05) is 6.07 Å². The fourth-order valence-electron chi connectivity index (χ4n) is 1.94. The van der Waals surface area contributed by atoms with Crippen molar-refractivity contribution in [2.45, 2.75) is 6.42 Å². The second-order valence-corrected chi connectivity index (χ2v) is 4.59. The van der Waals surface area contributed by atoms with Gasteiger partial charge < -0.3 is 5.32 Å². The fraction of sp³-hybridized carbons (Fsp3) is 0.154. The van der Waals surface area contributed by atoms with Gasteiger partial charge in [-0.15, -0.1) is 0 Å². The Morgan fingerprint density at radius 3 is 3.00 bits per heavy atom. The van der Waals surface area contributed by atoms with E-state index in [4.69, 9.17) is 11.6 Å². The average molecular weight is 292 g/mol. The number of nitrogens with one attached hydrogen (secondary N) is 1. The van der Waals surface area contributed by atoms with Crippen LogP contribution < -0.4 is 5.32 Å². The Morgan fingerprint density at radius 1 is 1.30 bits per heavy atom. The van der Waals surface area contributed by atoms with Crippen LogP contribution in [0.4, 0.5) is 10.2 Å². The van der Waals surface area contributed by atoms with E-state index in [2.05, 4.69) is 20.4 Å². The Morgan fingerprint density at radius 2 is 2.15 bits per heavy atom. The highest BCUT2D eigenvalue weighted by Crippen LogP contribution is 2.15. The predicted octanol–water partition coefficient (Wildman–Crippen LogP) is 2.57. The van der Waals surface area contributed by atoms with Gasteiger partial charge in [0.25, 0.3) is 5.78 Å². The summed E-state index contributed by atoms with van der Waals surface area (Å²) in [5.74, 6) is 0.896. The van der Waals surface area contributed by atoms with Gasteiger partial charge in [0.1, 0.15) is 23.1 Å². The molecular weight excluding hydrogens is 281 g/mol. The van der Waals surface area contributed by atoms with Crippen molar-refractivity contribution in [2.75, 3.05) is 11.9 Å². The van der Waals surface area contributed by atoms with Gasteiger partial charge in [-0.2, -0.15) is 19.6 Å². The molecule has 0 aliphatic rings. The monoisotopic (exact) mass is 291 g/mol. The van der Waals surface area contributed by atoms with Gasteiger partial charge in [0.2, 0.25) is 0 Å². The molecule has 7 heteroatoms. The Balaban J connectivity index is 1.74. The topological polar surface area (TPSA) is 55.1 Å². The first-order valence-electron chi connectivity index (χ1n) is 6.07. The highest BCUT2D eigenvalue weighted by Gasteiger charge is 2.06. The molecule has 1 N–H and O–H groups in total. The van der Waals surface area contributed by atoms with E-state index in [1.165, 1.54) is 12.4 Å². The Labute approximate surface area is 119 Å². The molecule has 0 spiro atoms. The van der Waals surface area contributed by atoms with Crippen LogP contribution in [0.3, 0.4) is 0 Å². The van der Waals surface area contributed by atoms with Gasteiger partial charge in [-0.1, -0.05) is 29.8 Å². The van der Waals surface area contributed by atoms with E-state index in [0.717, 1.165) is 0 Å². The van der Waals surface area contributed by atoms with E-state index in [1.54, 1.807) is 22.7 Å². The Hall–Kier alpha value is -2.21. The molecule has 0 atom stereocenters. The number of fused-ring (bicyclic) bond motifs is 1. The number of hydrogen-bond donors (Lipinski definition) is 1. The quantitative estimate of drug-likeness (QED) is 0.751. The van der Waals surface area contributed by atoms with Gasteiger partial charge in [-0.05, 0) is 18.1 Å². The van der Waals surface area contributed by atoms with E-state index in [-0.39, 0.29) is 5.82 Å². The van der Waals surface area contributed by atoms with Crippen molar-refractivity contribution in [3.8, 4) is 0 Å². The zero-order chi connectivity index (χ0) is 13.9. The molecule has 0 aliphatic carbocycles. The molecule has 0 aliphatic heterocycles. The lowest BCUT2D eigenvalue weighted by Gasteiger charge is -2.08. The van der Waals surface area contributed by atoms with Gasteiger partial charge in [-0.25, -0.2) is 4.39 Å². The SMILES string of the molecule is Fc1ccccc1CCNc1cc(Cl)nc2ncnn12. The van der Waals surface area contributed by atoms with E-state index in [0.29, 0.717) is 35.3 Å². The van der Waals surface area contributed by atoms with Crippen LogP contribution in [0, 0.1) is 5.82 Å². The first kappa shape index (κ1) is 12.8. The standard InChI is InChI=1S/C13H11ClFN5/c14-11-7-12(20-13(19-11)17-8-18-20)16-6-5-9-3-1-2-4-10(9)15/h1-4,7-8,16H,5-6H2. The molecule has 102 valence electrons. The molecule has 0 saturated heterocycles. The first-order valence-corrected chi connectivity index (χ1v) is 6.45. The molecule has 0 radical (unpaired) electrons. The van der Waals surface area contributed by atoms with Gasteiger partial charge in [0.05, 0.1) is 0 Å². The van der Waals surface area contributed by atoms with Crippen molar-refractivity contribution in [1.29, 1.82) is 0 Å². The maximum absolute atomic E-state index is 13.5. The number of anilines is 1. The van der Waals surface area contributed by atoms with Crippen molar-refractivity contribution >= 4 is 23.2 Å². The highest BCUT2D eigenvalue weighted by molar-refractivity contribution is 6.29. The van der Waals surface area contributed by atoms with E-state index >= 15 is 0 Å². The molecule has 0 unspecified atom stereocenters. The summed E-state index contributed by atoms with van der Waals surface area (Å²) in [6.45, 7) is 0.552. The maximum atomic E-state index is 13.5. The predicted molar refractivity (Wildman–Crippen MR) is 74.4 cm³/mol. The minimum atomic E-state index is -0.201. The van der Waals surface area contributed by atoms with Crippen LogP contribution in [0.5, 0.6) is 0 Å². The van der Waals surface area contributed by atoms with Crippen molar-refractivity contribution in [1.82, 2.24) is 19.6 Å². The molecule has 1 aromatic carbocycles. The zero-order valence-electron chi connectivity index (χ0n) is 10.4. The van der Waals surface area contributed by atoms with E-state index in [9.17, 15) is 4.39 Å². The summed E-state index contributed by atoms with van der Waals surface area (Å²) in [7, 11) is 0. The summed E-state index contributed by atoms with van der Waals surface area (Å²) < 4.78 is 15.0. The number of benzene rings is 1. The Bertz CT molecular complexity index is 742. The van der Waals surface area contributed by atoms with Gasteiger partial charge in [-0.3, -0.25) is 0 Å². The van der Waals surface area contributed by atoms with Crippen LogP contribution in [-0.2, 0) is 6.42 Å². The molecule has 0 fully saturated rings. The number of hydrogen-bond acceptors (Lipinski definition) is 4. The van der Waals surface area contributed by atoms with Crippen LogP contribution in [0.1, 0.15) is 5.56 Å². The van der Waals surface area contributed by atoms with Crippen LogP contribution in [0.25, 0.3) is 5.78 Å². The van der Waals surface area contributed by atoms with Crippen LogP contribution in [-0.4, -0.2) is 26.1 Å². The third-order valence-electron chi connectivity index (χ3n) is 2.88. The lowest BCUT2D eigenvalue weighted by atomic mass is 10.1. The minimum absolute atomic E-state index is 0.201. The lowest BCUT2D eigenvalue weighted by Crippen LogP contribution is -2.10. The summed E-state index contributed by atoms with van der Waals surface area (Å²) in [4.78, 5) is 8.01. The molecule has 3 aromatic rings. The average Bonchev–Trinajstić information content (AvgIpc) is 2.89. The Kier molecular flexibility index (Phi) is 3.47. The second kappa shape index (κ2) is 5.42. The van der Waals surface area contributed by atoms with Crippen molar-refractivity contribution in [3.63, 3.8) is 0 Å².